The molecule has 1 saturated heterocycles. The summed E-state index contributed by atoms with van der Waals surface area (Å²) >= 11 is 0. The van der Waals surface area contributed by atoms with Crippen LogP contribution < -0.4 is 10.9 Å². The van der Waals surface area contributed by atoms with E-state index < -0.39 is 5.82 Å². The summed E-state index contributed by atoms with van der Waals surface area (Å²) < 4.78 is 14.2. The van der Waals surface area contributed by atoms with E-state index in [0.29, 0.717) is 12.2 Å². The van der Waals surface area contributed by atoms with Crippen molar-refractivity contribution in [2.75, 3.05) is 26.2 Å². The smallest absolute Gasteiger partial charge is 0.271 e. The van der Waals surface area contributed by atoms with Gasteiger partial charge in [0, 0.05) is 19.2 Å². The second kappa shape index (κ2) is 8.71. The Morgan fingerprint density at radius 1 is 1.04 bits per heavy atom. The minimum absolute atomic E-state index is 0.157. The van der Waals surface area contributed by atoms with Crippen molar-refractivity contribution in [3.05, 3.63) is 58.3 Å². The maximum Gasteiger partial charge on any atom is 0.271 e. The Hall–Kier alpha value is -2.54. The van der Waals surface area contributed by atoms with E-state index in [-0.39, 0.29) is 17.2 Å². The van der Waals surface area contributed by atoms with Crippen LogP contribution in [0.3, 0.4) is 0 Å². The number of nitrogens with one attached hydrogen (secondary N) is 1. The minimum Gasteiger partial charge on any atom is -0.349 e. The SMILES string of the molecule is O=C(NCCN1CCCCCC1)c1ccc(=O)n(-c2ccc(F)cc2)n1. The summed E-state index contributed by atoms with van der Waals surface area (Å²) in [6.07, 6.45) is 4.96. The van der Waals surface area contributed by atoms with E-state index >= 15 is 0 Å². The molecule has 0 radical (unpaired) electrons. The molecule has 0 saturated carbocycles. The second-order valence-corrected chi connectivity index (χ2v) is 6.46. The third kappa shape index (κ3) is 4.76. The zero-order valence-corrected chi connectivity index (χ0v) is 14.7. The summed E-state index contributed by atoms with van der Waals surface area (Å²) in [6.45, 7) is 3.49. The van der Waals surface area contributed by atoms with Gasteiger partial charge < -0.3 is 10.2 Å². The quantitative estimate of drug-likeness (QED) is 0.887. The molecule has 0 spiro atoms. The first-order valence-corrected chi connectivity index (χ1v) is 9.00. The van der Waals surface area contributed by atoms with Crippen molar-refractivity contribution in [3.63, 3.8) is 0 Å². The van der Waals surface area contributed by atoms with Crippen LogP contribution in [-0.2, 0) is 0 Å². The molecule has 138 valence electrons. The Kier molecular flexibility index (Phi) is 6.12. The third-order valence-corrected chi connectivity index (χ3v) is 4.52. The molecule has 26 heavy (non-hydrogen) atoms. The zero-order chi connectivity index (χ0) is 18.4. The Morgan fingerprint density at radius 2 is 1.73 bits per heavy atom. The van der Waals surface area contributed by atoms with E-state index in [1.807, 2.05) is 0 Å². The zero-order valence-electron chi connectivity index (χ0n) is 14.7. The van der Waals surface area contributed by atoms with Crippen LogP contribution in [0.5, 0.6) is 0 Å². The largest absolute Gasteiger partial charge is 0.349 e. The number of aromatic nitrogens is 2. The molecule has 0 atom stereocenters. The summed E-state index contributed by atoms with van der Waals surface area (Å²) in [7, 11) is 0. The number of benzene rings is 1. The molecule has 1 amide bonds. The van der Waals surface area contributed by atoms with Gasteiger partial charge in [-0.15, -0.1) is 0 Å². The second-order valence-electron chi connectivity index (χ2n) is 6.46. The van der Waals surface area contributed by atoms with Crippen LogP contribution >= 0.6 is 0 Å². The van der Waals surface area contributed by atoms with Crippen LogP contribution in [0.25, 0.3) is 5.69 Å². The number of carbonyl (C=O) groups excluding carboxylic acids is 1. The molecular formula is C19H23FN4O2. The number of hydrogen-bond donors (Lipinski definition) is 1. The van der Waals surface area contributed by atoms with Crippen LogP contribution in [0.2, 0.25) is 0 Å². The molecule has 0 unspecified atom stereocenters. The highest BCUT2D eigenvalue weighted by atomic mass is 19.1. The molecule has 0 bridgehead atoms. The predicted molar refractivity (Wildman–Crippen MR) is 97.0 cm³/mol. The van der Waals surface area contributed by atoms with Crippen molar-refractivity contribution in [1.82, 2.24) is 20.0 Å². The summed E-state index contributed by atoms with van der Waals surface area (Å²) in [4.78, 5) is 26.7. The van der Waals surface area contributed by atoms with E-state index in [9.17, 15) is 14.0 Å². The van der Waals surface area contributed by atoms with Crippen molar-refractivity contribution in [1.29, 1.82) is 0 Å². The van der Waals surface area contributed by atoms with Gasteiger partial charge >= 0.3 is 0 Å². The molecule has 1 N–H and O–H groups in total. The monoisotopic (exact) mass is 358 g/mol. The Labute approximate surface area is 151 Å². The first-order valence-electron chi connectivity index (χ1n) is 9.00. The summed E-state index contributed by atoms with van der Waals surface area (Å²) in [5, 5.41) is 6.96. The van der Waals surface area contributed by atoms with Gasteiger partial charge in [-0.05, 0) is 56.3 Å². The van der Waals surface area contributed by atoms with Crippen molar-refractivity contribution < 1.29 is 9.18 Å². The van der Waals surface area contributed by atoms with Gasteiger partial charge in [0.15, 0.2) is 0 Å². The molecule has 1 aromatic heterocycles. The van der Waals surface area contributed by atoms with Gasteiger partial charge in [0.2, 0.25) is 0 Å². The third-order valence-electron chi connectivity index (χ3n) is 4.52. The molecule has 2 heterocycles. The van der Waals surface area contributed by atoms with Crippen molar-refractivity contribution in [2.45, 2.75) is 25.7 Å². The average molecular weight is 358 g/mol. The topological polar surface area (TPSA) is 67.2 Å². The van der Waals surface area contributed by atoms with E-state index in [2.05, 4.69) is 15.3 Å². The Morgan fingerprint density at radius 3 is 2.42 bits per heavy atom. The molecule has 1 fully saturated rings. The van der Waals surface area contributed by atoms with Crippen molar-refractivity contribution in [3.8, 4) is 5.69 Å². The lowest BCUT2D eigenvalue weighted by Gasteiger charge is -2.19. The Bertz CT molecular complexity index is 796. The van der Waals surface area contributed by atoms with Crippen molar-refractivity contribution in [2.24, 2.45) is 0 Å². The fourth-order valence-electron chi connectivity index (χ4n) is 3.08. The molecule has 1 aromatic carbocycles. The number of halogens is 1. The lowest BCUT2D eigenvalue weighted by Crippen LogP contribution is -2.36. The van der Waals surface area contributed by atoms with Gasteiger partial charge in [-0.3, -0.25) is 9.59 Å². The van der Waals surface area contributed by atoms with Gasteiger partial charge in [0.1, 0.15) is 11.5 Å². The van der Waals surface area contributed by atoms with Crippen LogP contribution in [0.4, 0.5) is 4.39 Å². The summed E-state index contributed by atoms with van der Waals surface area (Å²) in [5.41, 5.74) is 0.193. The molecule has 1 aliphatic rings. The number of hydrogen-bond acceptors (Lipinski definition) is 4. The van der Waals surface area contributed by atoms with E-state index in [1.54, 1.807) is 0 Å². The number of carbonyl (C=O) groups is 1. The van der Waals surface area contributed by atoms with Crippen LogP contribution in [-0.4, -0.2) is 46.8 Å². The molecule has 7 heteroatoms. The fraction of sp³-hybridized carbons (Fsp3) is 0.421. The van der Waals surface area contributed by atoms with Gasteiger partial charge in [-0.2, -0.15) is 9.78 Å². The van der Waals surface area contributed by atoms with Gasteiger partial charge in [0.25, 0.3) is 11.5 Å². The van der Waals surface area contributed by atoms with Crippen LogP contribution in [0.15, 0.2) is 41.2 Å². The summed E-state index contributed by atoms with van der Waals surface area (Å²) in [6, 6.07) is 8.09. The van der Waals surface area contributed by atoms with E-state index in [0.717, 1.165) is 24.3 Å². The van der Waals surface area contributed by atoms with E-state index in [4.69, 9.17) is 0 Å². The maximum absolute atomic E-state index is 13.1. The average Bonchev–Trinajstić information content (AvgIpc) is 2.92. The highest BCUT2D eigenvalue weighted by molar-refractivity contribution is 5.92. The van der Waals surface area contributed by atoms with Crippen LogP contribution in [0, 0.1) is 5.82 Å². The molecule has 1 aliphatic heterocycles. The summed E-state index contributed by atoms with van der Waals surface area (Å²) in [5.74, 6) is -0.722. The van der Waals surface area contributed by atoms with Gasteiger partial charge in [-0.1, -0.05) is 12.8 Å². The normalized spacial score (nSPS) is 15.4. The number of likely N-dealkylation sites (tertiary alicyclic amines) is 1. The molecule has 0 aliphatic carbocycles. The van der Waals surface area contributed by atoms with Gasteiger partial charge in [0.05, 0.1) is 5.69 Å². The molecule has 6 nitrogen and oxygen atoms in total. The lowest BCUT2D eigenvalue weighted by atomic mass is 10.2. The minimum atomic E-state index is -0.399. The predicted octanol–water partition coefficient (Wildman–Crippen LogP) is 1.98. The highest BCUT2D eigenvalue weighted by Gasteiger charge is 2.12. The fourth-order valence-corrected chi connectivity index (χ4v) is 3.08. The number of amides is 1. The number of rotatable bonds is 5. The van der Waals surface area contributed by atoms with E-state index in [1.165, 1.54) is 62.1 Å². The lowest BCUT2D eigenvalue weighted by molar-refractivity contribution is 0.0941. The number of nitrogens with zero attached hydrogens (tertiary/aromatic N) is 3. The first kappa shape index (κ1) is 18.3. The molecular weight excluding hydrogens is 335 g/mol. The Balaban J connectivity index is 1.63. The molecule has 2 aromatic rings. The first-order chi connectivity index (χ1) is 12.6. The van der Waals surface area contributed by atoms with Crippen molar-refractivity contribution >= 4 is 5.91 Å². The van der Waals surface area contributed by atoms with Gasteiger partial charge in [-0.25, -0.2) is 4.39 Å². The highest BCUT2D eigenvalue weighted by Crippen LogP contribution is 2.09. The standard InChI is InChI=1S/C19H23FN4O2/c20-15-5-7-16(8-6-15)24-18(25)10-9-17(22-24)19(26)21-11-14-23-12-3-1-2-4-13-23/h5-10H,1-4,11-14H2,(H,21,26). The van der Waals surface area contributed by atoms with Crippen LogP contribution in [0.1, 0.15) is 36.2 Å². The maximum atomic E-state index is 13.1. The molecule has 3 rings (SSSR count).